The van der Waals surface area contributed by atoms with Gasteiger partial charge in [-0.1, -0.05) is 24.3 Å². The van der Waals surface area contributed by atoms with E-state index in [1.165, 1.54) is 10.9 Å². The number of benzene rings is 2. The molecule has 0 radical (unpaired) electrons. The fraction of sp³-hybridized carbons (Fsp3) is 0.217. The van der Waals surface area contributed by atoms with Crippen molar-refractivity contribution >= 4 is 10.9 Å². The predicted molar refractivity (Wildman–Crippen MR) is 112 cm³/mol. The van der Waals surface area contributed by atoms with Crippen LogP contribution in [0.5, 0.6) is 11.5 Å². The lowest BCUT2D eigenvalue weighted by molar-refractivity contribution is 0.355. The molecule has 1 aliphatic heterocycles. The molecule has 0 spiro atoms. The third-order valence-corrected chi connectivity index (χ3v) is 5.51. The summed E-state index contributed by atoms with van der Waals surface area (Å²) < 4.78 is 10.7. The van der Waals surface area contributed by atoms with Crippen molar-refractivity contribution in [3.63, 3.8) is 0 Å². The number of H-pyrrole nitrogens is 1. The van der Waals surface area contributed by atoms with Gasteiger partial charge in [-0.3, -0.25) is 0 Å². The Morgan fingerprint density at radius 2 is 1.72 bits per heavy atom. The average Bonchev–Trinajstić information content (AvgIpc) is 3.17. The molecule has 0 amide bonds. The molecule has 1 unspecified atom stereocenters. The maximum Gasteiger partial charge on any atom is 0.161 e. The van der Waals surface area contributed by atoms with Crippen LogP contribution >= 0.6 is 0 Å². The Morgan fingerprint density at radius 1 is 0.931 bits per heavy atom. The summed E-state index contributed by atoms with van der Waals surface area (Å²) in [6.07, 6.45) is 4.73. The molecule has 4 aromatic rings. The van der Waals surface area contributed by atoms with Crippen LogP contribution < -0.4 is 14.8 Å². The first-order chi connectivity index (χ1) is 14.3. The molecule has 0 fully saturated rings. The summed E-state index contributed by atoms with van der Waals surface area (Å²) in [7, 11) is 3.26. The zero-order chi connectivity index (χ0) is 19.8. The highest BCUT2D eigenvalue weighted by Gasteiger charge is 2.27. The Kier molecular flexibility index (Phi) is 4.41. The number of methoxy groups -OCH3 is 2. The van der Waals surface area contributed by atoms with Crippen LogP contribution in [0, 0.1) is 0 Å². The zero-order valence-electron chi connectivity index (χ0n) is 16.4. The van der Waals surface area contributed by atoms with Crippen LogP contribution in [0.25, 0.3) is 22.0 Å². The lowest BCUT2D eigenvalue weighted by Gasteiger charge is -2.23. The molecular formula is C23H22N4O2. The van der Waals surface area contributed by atoms with Gasteiger partial charge < -0.3 is 19.8 Å². The Balaban J connectivity index is 1.49. The number of nitrogens with zero attached hydrogens (tertiary/aromatic N) is 2. The number of para-hydroxylation sites is 1. The van der Waals surface area contributed by atoms with E-state index in [9.17, 15) is 0 Å². The Bertz CT molecular complexity index is 1170. The number of ether oxygens (including phenoxy) is 2. The van der Waals surface area contributed by atoms with Crippen molar-refractivity contribution in [1.82, 2.24) is 20.3 Å². The lowest BCUT2D eigenvalue weighted by Crippen LogP contribution is -2.31. The van der Waals surface area contributed by atoms with Gasteiger partial charge in [0, 0.05) is 41.1 Å². The molecule has 146 valence electrons. The maximum absolute atomic E-state index is 5.41. The molecule has 2 aromatic heterocycles. The fourth-order valence-electron chi connectivity index (χ4n) is 4.05. The lowest BCUT2D eigenvalue weighted by atomic mass is 9.98. The summed E-state index contributed by atoms with van der Waals surface area (Å²) in [6, 6.07) is 14.2. The van der Waals surface area contributed by atoms with Crippen LogP contribution in [0.15, 0.2) is 54.9 Å². The summed E-state index contributed by atoms with van der Waals surface area (Å²) >= 11 is 0. The van der Waals surface area contributed by atoms with Crippen molar-refractivity contribution in [1.29, 1.82) is 0 Å². The topological polar surface area (TPSA) is 72.1 Å². The van der Waals surface area contributed by atoms with Crippen molar-refractivity contribution in [2.24, 2.45) is 0 Å². The summed E-state index contributed by atoms with van der Waals surface area (Å²) in [5, 5.41) is 4.84. The standard InChI is InChI=1S/C23H22N4O2/c1-28-19-8-7-14(11-20(19)29-2)15-12-25-23(26-13-15)22-21-17(9-10-24-22)16-5-3-4-6-18(16)27-21/h3-8,11-13,22,24,27H,9-10H2,1-2H3. The molecule has 3 heterocycles. The highest BCUT2D eigenvalue weighted by atomic mass is 16.5. The van der Waals surface area contributed by atoms with Crippen molar-refractivity contribution in [2.75, 3.05) is 20.8 Å². The van der Waals surface area contributed by atoms with Gasteiger partial charge in [0.05, 0.1) is 14.2 Å². The van der Waals surface area contributed by atoms with Crippen LogP contribution in [0.2, 0.25) is 0 Å². The number of hydrogen-bond donors (Lipinski definition) is 2. The molecule has 6 nitrogen and oxygen atoms in total. The average molecular weight is 386 g/mol. The summed E-state index contributed by atoms with van der Waals surface area (Å²) in [4.78, 5) is 12.9. The quantitative estimate of drug-likeness (QED) is 0.557. The minimum atomic E-state index is -0.0365. The predicted octanol–water partition coefficient (Wildman–Crippen LogP) is 3.88. The first kappa shape index (κ1) is 17.7. The van der Waals surface area contributed by atoms with E-state index >= 15 is 0 Å². The molecule has 5 rings (SSSR count). The van der Waals surface area contributed by atoms with Crippen LogP contribution in [0.1, 0.15) is 23.1 Å². The van der Waals surface area contributed by atoms with Gasteiger partial charge in [0.25, 0.3) is 0 Å². The van der Waals surface area contributed by atoms with Gasteiger partial charge in [-0.25, -0.2) is 9.97 Å². The fourth-order valence-corrected chi connectivity index (χ4v) is 4.05. The molecule has 1 atom stereocenters. The molecule has 6 heteroatoms. The number of rotatable bonds is 4. The van der Waals surface area contributed by atoms with Crippen LogP contribution in [-0.2, 0) is 6.42 Å². The van der Waals surface area contributed by atoms with Crippen molar-refractivity contribution < 1.29 is 9.47 Å². The minimum Gasteiger partial charge on any atom is -0.493 e. The Morgan fingerprint density at radius 3 is 2.52 bits per heavy atom. The smallest absolute Gasteiger partial charge is 0.161 e. The minimum absolute atomic E-state index is 0.0365. The maximum atomic E-state index is 5.41. The van der Waals surface area contributed by atoms with Gasteiger partial charge in [-0.05, 0) is 35.7 Å². The summed E-state index contributed by atoms with van der Waals surface area (Å²) in [5.41, 5.74) is 5.60. The van der Waals surface area contributed by atoms with Gasteiger partial charge in [0.2, 0.25) is 0 Å². The second-order valence-corrected chi connectivity index (χ2v) is 7.10. The third-order valence-electron chi connectivity index (χ3n) is 5.51. The second-order valence-electron chi connectivity index (χ2n) is 7.10. The molecule has 29 heavy (non-hydrogen) atoms. The molecule has 0 bridgehead atoms. The molecule has 2 N–H and O–H groups in total. The van der Waals surface area contributed by atoms with E-state index in [0.717, 1.165) is 41.1 Å². The largest absolute Gasteiger partial charge is 0.493 e. The van der Waals surface area contributed by atoms with Crippen molar-refractivity contribution in [3.05, 3.63) is 71.9 Å². The van der Waals surface area contributed by atoms with E-state index in [-0.39, 0.29) is 6.04 Å². The zero-order valence-corrected chi connectivity index (χ0v) is 16.4. The number of hydrogen-bond acceptors (Lipinski definition) is 5. The van der Waals surface area contributed by atoms with E-state index in [4.69, 9.17) is 9.47 Å². The van der Waals surface area contributed by atoms with E-state index < -0.39 is 0 Å². The van der Waals surface area contributed by atoms with Gasteiger partial charge >= 0.3 is 0 Å². The van der Waals surface area contributed by atoms with Gasteiger partial charge in [0.1, 0.15) is 6.04 Å². The van der Waals surface area contributed by atoms with Gasteiger partial charge in [-0.2, -0.15) is 0 Å². The highest BCUT2D eigenvalue weighted by molar-refractivity contribution is 5.85. The van der Waals surface area contributed by atoms with Crippen LogP contribution in [0.4, 0.5) is 0 Å². The number of fused-ring (bicyclic) bond motifs is 3. The number of nitrogens with one attached hydrogen (secondary N) is 2. The van der Waals surface area contributed by atoms with Gasteiger partial charge in [0.15, 0.2) is 17.3 Å². The van der Waals surface area contributed by atoms with E-state index in [0.29, 0.717) is 11.5 Å². The van der Waals surface area contributed by atoms with E-state index in [2.05, 4.69) is 44.5 Å². The normalized spacial score (nSPS) is 15.9. The molecule has 0 saturated carbocycles. The summed E-state index contributed by atoms with van der Waals surface area (Å²) in [5.74, 6) is 2.15. The molecule has 1 aliphatic rings. The summed E-state index contributed by atoms with van der Waals surface area (Å²) in [6.45, 7) is 0.903. The van der Waals surface area contributed by atoms with Gasteiger partial charge in [-0.15, -0.1) is 0 Å². The molecule has 0 aliphatic carbocycles. The monoisotopic (exact) mass is 386 g/mol. The first-order valence-electron chi connectivity index (χ1n) is 9.65. The van der Waals surface area contributed by atoms with Crippen molar-refractivity contribution in [3.8, 4) is 22.6 Å². The number of aromatic amines is 1. The van der Waals surface area contributed by atoms with Crippen LogP contribution in [0.3, 0.4) is 0 Å². The molecule has 0 saturated heterocycles. The molecule has 2 aromatic carbocycles. The van der Waals surface area contributed by atoms with E-state index in [1.807, 2.05) is 30.6 Å². The van der Waals surface area contributed by atoms with E-state index in [1.54, 1.807) is 14.2 Å². The first-order valence-corrected chi connectivity index (χ1v) is 9.65. The Labute approximate surface area is 168 Å². The van der Waals surface area contributed by atoms with Crippen molar-refractivity contribution in [2.45, 2.75) is 12.5 Å². The third kappa shape index (κ3) is 3.02. The second kappa shape index (κ2) is 7.22. The number of aromatic nitrogens is 3. The molecular weight excluding hydrogens is 364 g/mol. The Hall–Kier alpha value is -3.38. The SMILES string of the molecule is COc1ccc(-c2cnc(C3NCCc4c3[nH]c3ccccc43)nc2)cc1OC. The van der Waals surface area contributed by atoms with Crippen LogP contribution in [-0.4, -0.2) is 35.7 Å². The highest BCUT2D eigenvalue weighted by Crippen LogP contribution is 2.34.